The SMILES string of the molecule is CC1=NN(C(=O)c2ccccc2)C(=O)/C1=C/c1cc(Br)ccc1OCc1cc(C)cc(C)c1. The Morgan fingerprint density at radius 2 is 1.70 bits per heavy atom. The molecule has 0 radical (unpaired) electrons. The monoisotopic (exact) mass is 502 g/mol. The summed E-state index contributed by atoms with van der Waals surface area (Å²) in [6.45, 7) is 6.24. The van der Waals surface area contributed by atoms with Crippen molar-refractivity contribution in [3.63, 3.8) is 0 Å². The molecule has 3 aromatic carbocycles. The summed E-state index contributed by atoms with van der Waals surface area (Å²) < 4.78 is 6.97. The van der Waals surface area contributed by atoms with E-state index in [1.54, 1.807) is 37.3 Å². The third kappa shape index (κ3) is 5.12. The van der Waals surface area contributed by atoms with Crippen LogP contribution in [0.1, 0.15) is 39.5 Å². The summed E-state index contributed by atoms with van der Waals surface area (Å²) in [5.74, 6) is -0.274. The zero-order valence-corrected chi connectivity index (χ0v) is 20.2. The maximum atomic E-state index is 13.1. The molecule has 0 bridgehead atoms. The number of amides is 2. The number of carbonyl (C=O) groups is 2. The van der Waals surface area contributed by atoms with Gasteiger partial charge in [0.1, 0.15) is 12.4 Å². The predicted octanol–water partition coefficient (Wildman–Crippen LogP) is 6.09. The van der Waals surface area contributed by atoms with Crippen LogP contribution in [-0.4, -0.2) is 22.5 Å². The van der Waals surface area contributed by atoms with E-state index in [2.05, 4.69) is 53.1 Å². The molecule has 6 heteroatoms. The van der Waals surface area contributed by atoms with Crippen molar-refractivity contribution in [2.45, 2.75) is 27.4 Å². The van der Waals surface area contributed by atoms with Crippen LogP contribution in [0.4, 0.5) is 0 Å². The van der Waals surface area contributed by atoms with Gasteiger partial charge < -0.3 is 4.74 Å². The third-order valence-corrected chi connectivity index (χ3v) is 5.72. The highest BCUT2D eigenvalue weighted by atomic mass is 79.9. The number of hydrogen-bond donors (Lipinski definition) is 0. The summed E-state index contributed by atoms with van der Waals surface area (Å²) >= 11 is 3.49. The van der Waals surface area contributed by atoms with Crippen LogP contribution in [0.2, 0.25) is 0 Å². The molecule has 1 aliphatic rings. The van der Waals surface area contributed by atoms with Crippen LogP contribution in [-0.2, 0) is 11.4 Å². The number of nitrogens with zero attached hydrogens (tertiary/aromatic N) is 2. The molecule has 0 unspecified atom stereocenters. The van der Waals surface area contributed by atoms with Crippen molar-refractivity contribution in [2.24, 2.45) is 5.10 Å². The van der Waals surface area contributed by atoms with Crippen LogP contribution in [0, 0.1) is 13.8 Å². The average Bonchev–Trinajstić information content (AvgIpc) is 3.06. The van der Waals surface area contributed by atoms with E-state index < -0.39 is 11.8 Å². The van der Waals surface area contributed by atoms with Gasteiger partial charge in [0.2, 0.25) is 0 Å². The molecular weight excluding hydrogens is 480 g/mol. The average molecular weight is 503 g/mol. The molecule has 4 rings (SSSR count). The lowest BCUT2D eigenvalue weighted by molar-refractivity contribution is -0.123. The first-order valence-electron chi connectivity index (χ1n) is 10.5. The molecule has 1 aliphatic heterocycles. The van der Waals surface area contributed by atoms with Crippen LogP contribution in [0.25, 0.3) is 6.08 Å². The Bertz CT molecular complexity index is 1280. The smallest absolute Gasteiger partial charge is 0.283 e. The Kier molecular flexibility index (Phi) is 6.56. The molecule has 3 aromatic rings. The topological polar surface area (TPSA) is 59.0 Å². The molecule has 0 N–H and O–H groups in total. The first-order valence-corrected chi connectivity index (χ1v) is 11.3. The summed E-state index contributed by atoms with van der Waals surface area (Å²) in [6, 6.07) is 20.6. The van der Waals surface area contributed by atoms with Crippen molar-refractivity contribution in [2.75, 3.05) is 0 Å². The van der Waals surface area contributed by atoms with Crippen LogP contribution in [0.3, 0.4) is 0 Å². The Labute approximate surface area is 201 Å². The second kappa shape index (κ2) is 9.55. The lowest BCUT2D eigenvalue weighted by Crippen LogP contribution is -2.29. The van der Waals surface area contributed by atoms with Crippen molar-refractivity contribution < 1.29 is 14.3 Å². The van der Waals surface area contributed by atoms with E-state index in [0.717, 1.165) is 20.6 Å². The van der Waals surface area contributed by atoms with E-state index >= 15 is 0 Å². The molecular formula is C27H23BrN2O3. The van der Waals surface area contributed by atoms with Gasteiger partial charge in [0.05, 0.1) is 11.3 Å². The third-order valence-electron chi connectivity index (χ3n) is 5.22. The lowest BCUT2D eigenvalue weighted by atomic mass is 10.1. The molecule has 0 saturated heterocycles. The van der Waals surface area contributed by atoms with Gasteiger partial charge >= 0.3 is 0 Å². The van der Waals surface area contributed by atoms with E-state index in [0.29, 0.717) is 29.2 Å². The van der Waals surface area contributed by atoms with Crippen molar-refractivity contribution in [3.8, 4) is 5.75 Å². The first-order chi connectivity index (χ1) is 15.8. The van der Waals surface area contributed by atoms with Crippen LogP contribution < -0.4 is 4.74 Å². The number of rotatable bonds is 5. The van der Waals surface area contributed by atoms with Crippen molar-refractivity contribution in [1.29, 1.82) is 0 Å². The van der Waals surface area contributed by atoms with E-state index in [4.69, 9.17) is 4.74 Å². The van der Waals surface area contributed by atoms with Crippen LogP contribution in [0.15, 0.2) is 81.9 Å². The molecule has 5 nitrogen and oxygen atoms in total. The van der Waals surface area contributed by atoms with Gasteiger partial charge in [0.25, 0.3) is 11.8 Å². The van der Waals surface area contributed by atoms with Gasteiger partial charge in [0, 0.05) is 15.6 Å². The minimum Gasteiger partial charge on any atom is -0.488 e. The van der Waals surface area contributed by atoms with E-state index in [1.165, 1.54) is 11.1 Å². The summed E-state index contributed by atoms with van der Waals surface area (Å²) in [7, 11) is 0. The number of hydrazone groups is 1. The molecule has 1 heterocycles. The van der Waals surface area contributed by atoms with E-state index in [-0.39, 0.29) is 0 Å². The molecule has 0 aromatic heterocycles. The number of hydrogen-bond acceptors (Lipinski definition) is 4. The van der Waals surface area contributed by atoms with Gasteiger partial charge in [-0.25, -0.2) is 0 Å². The molecule has 0 fully saturated rings. The molecule has 0 saturated carbocycles. The first kappa shape index (κ1) is 22.7. The minimum absolute atomic E-state index is 0.355. The van der Waals surface area contributed by atoms with Crippen molar-refractivity contribution >= 4 is 39.5 Å². The maximum absolute atomic E-state index is 13.1. The maximum Gasteiger partial charge on any atom is 0.283 e. The number of ether oxygens (including phenoxy) is 1. The highest BCUT2D eigenvalue weighted by Gasteiger charge is 2.33. The molecule has 33 heavy (non-hydrogen) atoms. The number of aryl methyl sites for hydroxylation is 2. The summed E-state index contributed by atoms with van der Waals surface area (Å²) in [5.41, 5.74) is 5.39. The second-order valence-corrected chi connectivity index (χ2v) is 8.91. The molecule has 0 aliphatic carbocycles. The zero-order chi connectivity index (χ0) is 23.5. The summed E-state index contributed by atoms with van der Waals surface area (Å²) in [6.07, 6.45) is 1.72. The predicted molar refractivity (Wildman–Crippen MR) is 133 cm³/mol. The lowest BCUT2D eigenvalue weighted by Gasteiger charge is -2.12. The van der Waals surface area contributed by atoms with Gasteiger partial charge in [-0.2, -0.15) is 10.1 Å². The van der Waals surface area contributed by atoms with Gasteiger partial charge in [-0.05, 0) is 62.7 Å². The van der Waals surface area contributed by atoms with Crippen LogP contribution in [0.5, 0.6) is 5.75 Å². The van der Waals surface area contributed by atoms with E-state index in [9.17, 15) is 9.59 Å². The van der Waals surface area contributed by atoms with Gasteiger partial charge in [-0.15, -0.1) is 0 Å². The molecule has 0 atom stereocenters. The van der Waals surface area contributed by atoms with Gasteiger partial charge in [-0.3, -0.25) is 9.59 Å². The Morgan fingerprint density at radius 3 is 2.39 bits per heavy atom. The largest absolute Gasteiger partial charge is 0.488 e. The second-order valence-electron chi connectivity index (χ2n) is 8.00. The highest BCUT2D eigenvalue weighted by molar-refractivity contribution is 9.10. The number of carbonyl (C=O) groups excluding carboxylic acids is 2. The zero-order valence-electron chi connectivity index (χ0n) is 18.6. The van der Waals surface area contributed by atoms with E-state index in [1.807, 2.05) is 24.3 Å². The number of benzene rings is 3. The Hall–Kier alpha value is -3.51. The fourth-order valence-corrected chi connectivity index (χ4v) is 4.14. The fraction of sp³-hybridized carbons (Fsp3) is 0.148. The molecule has 2 amide bonds. The van der Waals surface area contributed by atoms with Gasteiger partial charge in [-0.1, -0.05) is 63.5 Å². The quantitative estimate of drug-likeness (QED) is 0.313. The fourth-order valence-electron chi connectivity index (χ4n) is 3.76. The molecule has 0 spiro atoms. The van der Waals surface area contributed by atoms with Crippen LogP contribution >= 0.6 is 15.9 Å². The Balaban J connectivity index is 1.61. The standard InChI is InChI=1S/C27H23BrN2O3/c1-17-11-18(2)13-20(12-17)16-33-25-10-9-23(28)14-22(25)15-24-19(3)29-30(27(24)32)26(31)21-7-5-4-6-8-21/h4-15H,16H2,1-3H3/b24-15+. The van der Waals surface area contributed by atoms with Gasteiger partial charge in [0.15, 0.2) is 0 Å². The highest BCUT2D eigenvalue weighted by Crippen LogP contribution is 2.29. The summed E-state index contributed by atoms with van der Waals surface area (Å²) in [5, 5.41) is 5.14. The Morgan fingerprint density at radius 1 is 1.00 bits per heavy atom. The number of imide groups is 1. The van der Waals surface area contributed by atoms with Crippen molar-refractivity contribution in [3.05, 3.63) is 105 Å². The molecule has 166 valence electrons. The minimum atomic E-state index is -0.457. The van der Waals surface area contributed by atoms with Crippen molar-refractivity contribution in [1.82, 2.24) is 5.01 Å². The number of halogens is 1. The summed E-state index contributed by atoms with van der Waals surface area (Å²) in [4.78, 5) is 25.8. The normalized spacial score (nSPS) is 14.5.